The SMILES string of the molecule is COC(=O)c1ccccc1Cn1cc(NC(=O)c2ccc(OC(F)F)c(OC)c2)cn1. The quantitative estimate of drug-likeness (QED) is 0.548. The minimum atomic E-state index is -3.01. The van der Waals surface area contributed by atoms with Gasteiger partial charge in [-0.1, -0.05) is 18.2 Å². The van der Waals surface area contributed by atoms with Crippen LogP contribution in [-0.4, -0.2) is 42.5 Å². The number of ether oxygens (including phenoxy) is 3. The summed E-state index contributed by atoms with van der Waals surface area (Å²) in [4.78, 5) is 24.4. The van der Waals surface area contributed by atoms with Crippen molar-refractivity contribution < 1.29 is 32.6 Å². The fourth-order valence-corrected chi connectivity index (χ4v) is 2.86. The minimum Gasteiger partial charge on any atom is -0.493 e. The number of nitrogens with zero attached hydrogens (tertiary/aromatic N) is 2. The van der Waals surface area contributed by atoms with Gasteiger partial charge in [0.1, 0.15) is 0 Å². The van der Waals surface area contributed by atoms with Crippen LogP contribution < -0.4 is 14.8 Å². The molecule has 0 spiro atoms. The minimum absolute atomic E-state index is 0.00284. The van der Waals surface area contributed by atoms with Gasteiger partial charge in [0.05, 0.1) is 38.2 Å². The molecule has 8 nitrogen and oxygen atoms in total. The molecule has 0 atom stereocenters. The lowest BCUT2D eigenvalue weighted by Gasteiger charge is -2.11. The highest BCUT2D eigenvalue weighted by molar-refractivity contribution is 6.04. The van der Waals surface area contributed by atoms with Gasteiger partial charge >= 0.3 is 12.6 Å². The molecular weight excluding hydrogens is 412 g/mol. The maximum atomic E-state index is 12.5. The number of anilines is 1. The van der Waals surface area contributed by atoms with Crippen molar-refractivity contribution in [3.63, 3.8) is 0 Å². The Morgan fingerprint density at radius 2 is 1.90 bits per heavy atom. The molecule has 1 N–H and O–H groups in total. The van der Waals surface area contributed by atoms with Crippen LogP contribution in [0.1, 0.15) is 26.3 Å². The first-order chi connectivity index (χ1) is 14.9. The average molecular weight is 431 g/mol. The number of hydrogen-bond acceptors (Lipinski definition) is 6. The normalized spacial score (nSPS) is 10.6. The van der Waals surface area contributed by atoms with Crippen LogP contribution in [-0.2, 0) is 11.3 Å². The van der Waals surface area contributed by atoms with Crippen molar-refractivity contribution >= 4 is 17.6 Å². The Hall–Kier alpha value is -3.95. The summed E-state index contributed by atoms with van der Waals surface area (Å²) in [7, 11) is 2.59. The van der Waals surface area contributed by atoms with Crippen LogP contribution >= 0.6 is 0 Å². The van der Waals surface area contributed by atoms with Gasteiger partial charge in [0.15, 0.2) is 11.5 Å². The highest BCUT2D eigenvalue weighted by atomic mass is 19.3. The van der Waals surface area contributed by atoms with Crippen LogP contribution in [0, 0.1) is 0 Å². The molecule has 10 heteroatoms. The van der Waals surface area contributed by atoms with Gasteiger partial charge in [0.25, 0.3) is 5.91 Å². The second-order valence-corrected chi connectivity index (χ2v) is 6.27. The van der Waals surface area contributed by atoms with Crippen LogP contribution in [0.5, 0.6) is 11.5 Å². The Balaban J connectivity index is 1.72. The Morgan fingerprint density at radius 1 is 1.13 bits per heavy atom. The van der Waals surface area contributed by atoms with Crippen molar-refractivity contribution in [2.75, 3.05) is 19.5 Å². The molecule has 1 heterocycles. The lowest BCUT2D eigenvalue weighted by atomic mass is 10.1. The third-order valence-electron chi connectivity index (χ3n) is 4.29. The predicted molar refractivity (Wildman–Crippen MR) is 107 cm³/mol. The van der Waals surface area contributed by atoms with E-state index in [0.29, 0.717) is 16.8 Å². The van der Waals surface area contributed by atoms with Crippen LogP contribution in [0.4, 0.5) is 14.5 Å². The van der Waals surface area contributed by atoms with E-state index in [1.807, 2.05) is 0 Å². The molecule has 162 valence electrons. The Bertz CT molecular complexity index is 1080. The predicted octanol–water partition coefficient (Wildman–Crippen LogP) is 3.58. The number of benzene rings is 2. The van der Waals surface area contributed by atoms with Crippen molar-refractivity contribution in [1.29, 1.82) is 0 Å². The number of aromatic nitrogens is 2. The van der Waals surface area contributed by atoms with Crippen molar-refractivity contribution in [3.8, 4) is 11.5 Å². The summed E-state index contributed by atoms with van der Waals surface area (Å²) in [6, 6.07) is 10.8. The van der Waals surface area contributed by atoms with E-state index in [1.54, 1.807) is 35.1 Å². The standard InChI is InChI=1S/C21H19F2N3O5/c1-29-18-9-13(7-8-17(18)31-21(22)23)19(27)25-15-10-24-26(12-15)11-14-5-3-4-6-16(14)20(28)30-2/h3-10,12,21H,11H2,1-2H3,(H,25,27). The maximum absolute atomic E-state index is 12.5. The highest BCUT2D eigenvalue weighted by Gasteiger charge is 2.16. The number of hydrogen-bond donors (Lipinski definition) is 1. The molecule has 1 amide bonds. The van der Waals surface area contributed by atoms with Crippen LogP contribution in [0.3, 0.4) is 0 Å². The molecule has 0 bridgehead atoms. The fraction of sp³-hybridized carbons (Fsp3) is 0.190. The zero-order valence-electron chi connectivity index (χ0n) is 16.7. The first-order valence-corrected chi connectivity index (χ1v) is 9.04. The number of amides is 1. The lowest BCUT2D eigenvalue weighted by Crippen LogP contribution is -2.12. The van der Waals surface area contributed by atoms with E-state index in [0.717, 1.165) is 0 Å². The topological polar surface area (TPSA) is 91.7 Å². The third-order valence-corrected chi connectivity index (χ3v) is 4.29. The first-order valence-electron chi connectivity index (χ1n) is 9.04. The van der Waals surface area contributed by atoms with Crippen molar-refractivity contribution in [2.24, 2.45) is 0 Å². The number of esters is 1. The summed E-state index contributed by atoms with van der Waals surface area (Å²) < 4.78 is 40.6. The third kappa shape index (κ3) is 5.35. The molecule has 0 fully saturated rings. The number of carbonyl (C=O) groups excluding carboxylic acids is 2. The molecule has 0 saturated carbocycles. The zero-order valence-corrected chi connectivity index (χ0v) is 16.7. The van der Waals surface area contributed by atoms with Crippen molar-refractivity contribution in [3.05, 3.63) is 71.5 Å². The number of methoxy groups -OCH3 is 2. The average Bonchev–Trinajstić information content (AvgIpc) is 3.20. The van der Waals surface area contributed by atoms with Gasteiger partial charge in [-0.25, -0.2) is 4.79 Å². The lowest BCUT2D eigenvalue weighted by molar-refractivity contribution is -0.0512. The molecule has 0 saturated heterocycles. The smallest absolute Gasteiger partial charge is 0.387 e. The Labute approximate surface area is 176 Å². The fourth-order valence-electron chi connectivity index (χ4n) is 2.86. The van der Waals surface area contributed by atoms with E-state index in [9.17, 15) is 18.4 Å². The number of carbonyl (C=O) groups is 2. The molecule has 3 aromatic rings. The number of rotatable bonds is 8. The molecule has 0 unspecified atom stereocenters. The van der Waals surface area contributed by atoms with E-state index in [4.69, 9.17) is 9.47 Å². The van der Waals surface area contributed by atoms with Crippen LogP contribution in [0.2, 0.25) is 0 Å². The summed E-state index contributed by atoms with van der Waals surface area (Å²) in [6.45, 7) is -2.72. The number of alkyl halides is 2. The maximum Gasteiger partial charge on any atom is 0.387 e. The molecule has 0 aliphatic rings. The first kappa shape index (κ1) is 21.8. The molecule has 0 aliphatic carbocycles. The van der Waals surface area contributed by atoms with Gasteiger partial charge in [-0.15, -0.1) is 0 Å². The molecule has 31 heavy (non-hydrogen) atoms. The van der Waals surface area contributed by atoms with Crippen molar-refractivity contribution in [2.45, 2.75) is 13.2 Å². The highest BCUT2D eigenvalue weighted by Crippen LogP contribution is 2.29. The molecule has 3 rings (SSSR count). The van der Waals surface area contributed by atoms with E-state index >= 15 is 0 Å². The second-order valence-electron chi connectivity index (χ2n) is 6.27. The number of nitrogens with one attached hydrogen (secondary N) is 1. The molecule has 0 radical (unpaired) electrons. The van der Waals surface area contributed by atoms with Gasteiger partial charge < -0.3 is 19.5 Å². The van der Waals surface area contributed by atoms with E-state index in [-0.39, 0.29) is 23.6 Å². The van der Waals surface area contributed by atoms with Gasteiger partial charge in [-0.2, -0.15) is 13.9 Å². The van der Waals surface area contributed by atoms with Crippen LogP contribution in [0.25, 0.3) is 0 Å². The van der Waals surface area contributed by atoms with E-state index in [2.05, 4.69) is 15.2 Å². The van der Waals surface area contributed by atoms with Crippen molar-refractivity contribution in [1.82, 2.24) is 9.78 Å². The molecule has 0 aliphatic heterocycles. The summed E-state index contributed by atoms with van der Waals surface area (Å²) in [5.74, 6) is -1.12. The summed E-state index contributed by atoms with van der Waals surface area (Å²) in [5.41, 5.74) is 1.72. The van der Waals surface area contributed by atoms with E-state index in [1.165, 1.54) is 38.6 Å². The van der Waals surface area contributed by atoms with E-state index < -0.39 is 18.5 Å². The zero-order chi connectivity index (χ0) is 22.4. The van der Waals surface area contributed by atoms with Gasteiger partial charge in [0, 0.05) is 11.8 Å². The van der Waals surface area contributed by atoms with Gasteiger partial charge in [0.2, 0.25) is 0 Å². The molecular formula is C21H19F2N3O5. The summed E-state index contributed by atoms with van der Waals surface area (Å²) >= 11 is 0. The summed E-state index contributed by atoms with van der Waals surface area (Å²) in [5, 5.41) is 6.85. The second kappa shape index (κ2) is 9.70. The molecule has 1 aromatic heterocycles. The Morgan fingerprint density at radius 3 is 2.61 bits per heavy atom. The largest absolute Gasteiger partial charge is 0.493 e. The molecule has 2 aromatic carbocycles. The van der Waals surface area contributed by atoms with Gasteiger partial charge in [-0.3, -0.25) is 9.48 Å². The van der Waals surface area contributed by atoms with Gasteiger partial charge in [-0.05, 0) is 29.8 Å². The number of halogens is 2. The Kier molecular flexibility index (Phi) is 6.81. The summed E-state index contributed by atoms with van der Waals surface area (Å²) in [6.07, 6.45) is 3.04. The van der Waals surface area contributed by atoms with Crippen LogP contribution in [0.15, 0.2) is 54.9 Å². The monoisotopic (exact) mass is 431 g/mol.